The van der Waals surface area contributed by atoms with Gasteiger partial charge in [-0.05, 0) is 57.8 Å². The second-order valence-electron chi connectivity index (χ2n) is 18.2. The Bertz CT molecular complexity index is 1310. The molecule has 8 atom stereocenters. The lowest BCUT2D eigenvalue weighted by atomic mass is 9.99. The van der Waals surface area contributed by atoms with Crippen molar-refractivity contribution in [2.24, 2.45) is 0 Å². The van der Waals surface area contributed by atoms with E-state index in [2.05, 4.69) is 47.7 Å². The van der Waals surface area contributed by atoms with Crippen LogP contribution in [0.3, 0.4) is 0 Å². The zero-order valence-corrected chi connectivity index (χ0v) is 41.5. The highest BCUT2D eigenvalue weighted by Gasteiger charge is 2.48. The van der Waals surface area contributed by atoms with Crippen LogP contribution in [0.15, 0.2) is 36.5 Å². The molecule has 13 nitrogen and oxygen atoms in total. The van der Waals surface area contributed by atoms with Crippen molar-refractivity contribution in [1.82, 2.24) is 5.32 Å². The van der Waals surface area contributed by atoms with Gasteiger partial charge in [-0.2, -0.15) is 8.42 Å². The summed E-state index contributed by atoms with van der Waals surface area (Å²) >= 11 is 0. The maximum atomic E-state index is 13.2. The van der Waals surface area contributed by atoms with E-state index < -0.39 is 78.5 Å². The Morgan fingerprint density at radius 2 is 1.03 bits per heavy atom. The van der Waals surface area contributed by atoms with Crippen molar-refractivity contribution >= 4 is 16.3 Å². The molecule has 0 saturated carbocycles. The van der Waals surface area contributed by atoms with E-state index in [0.717, 1.165) is 64.2 Å². The molecule has 0 radical (unpaired) electrons. The number of unbranched alkanes of at least 4 members (excludes halogenated alkanes) is 27. The van der Waals surface area contributed by atoms with E-state index >= 15 is 0 Å². The highest BCUT2D eigenvalue weighted by Crippen LogP contribution is 2.26. The molecule has 0 aliphatic carbocycles. The maximum absolute atomic E-state index is 13.2. The summed E-state index contributed by atoms with van der Waals surface area (Å²) in [4.78, 5) is 13.2. The molecule has 65 heavy (non-hydrogen) atoms. The predicted molar refractivity (Wildman–Crippen MR) is 261 cm³/mol. The number of aliphatic hydroxyl groups is 5. The van der Waals surface area contributed by atoms with Crippen LogP contribution in [0.25, 0.3) is 0 Å². The largest absolute Gasteiger partial charge is 0.397 e. The molecular formula is C51H95NO12S. The van der Waals surface area contributed by atoms with Crippen LogP contribution in [0.1, 0.15) is 219 Å². The van der Waals surface area contributed by atoms with Crippen LogP contribution < -0.4 is 5.32 Å². The minimum absolute atomic E-state index is 0.230. The molecule has 1 aliphatic rings. The average molecular weight is 946 g/mol. The second-order valence-corrected chi connectivity index (χ2v) is 19.3. The van der Waals surface area contributed by atoms with Gasteiger partial charge in [0.05, 0.1) is 25.4 Å². The highest BCUT2D eigenvalue weighted by atomic mass is 32.3. The molecule has 1 heterocycles. The van der Waals surface area contributed by atoms with E-state index in [1.165, 1.54) is 128 Å². The highest BCUT2D eigenvalue weighted by molar-refractivity contribution is 7.80. The third-order valence-corrected chi connectivity index (χ3v) is 12.7. The van der Waals surface area contributed by atoms with Crippen molar-refractivity contribution in [3.63, 3.8) is 0 Å². The van der Waals surface area contributed by atoms with Crippen molar-refractivity contribution in [3.8, 4) is 0 Å². The van der Waals surface area contributed by atoms with Crippen molar-refractivity contribution in [2.45, 2.75) is 268 Å². The van der Waals surface area contributed by atoms with Gasteiger partial charge >= 0.3 is 10.4 Å². The molecule has 1 saturated heterocycles. The summed E-state index contributed by atoms with van der Waals surface area (Å²) in [5.74, 6) is -0.716. The van der Waals surface area contributed by atoms with Gasteiger partial charge in [-0.15, -0.1) is 0 Å². The number of aliphatic hydroxyl groups excluding tert-OH is 5. The fourth-order valence-corrected chi connectivity index (χ4v) is 8.63. The monoisotopic (exact) mass is 946 g/mol. The number of hydrogen-bond donors (Lipinski definition) is 7. The minimum atomic E-state index is -5.13. The number of carbonyl (C=O) groups excluding carboxylic acids is 1. The Hall–Kier alpha value is -1.72. The summed E-state index contributed by atoms with van der Waals surface area (Å²) in [7, 11) is -5.13. The smallest absolute Gasteiger partial charge is 0.394 e. The summed E-state index contributed by atoms with van der Waals surface area (Å²) in [6.45, 7) is 3.22. The lowest BCUT2D eigenvalue weighted by Gasteiger charge is -2.41. The molecule has 1 rings (SSSR count). The van der Waals surface area contributed by atoms with Crippen LogP contribution in [-0.4, -0.2) is 107 Å². The molecule has 0 bridgehead atoms. The number of rotatable bonds is 44. The van der Waals surface area contributed by atoms with Gasteiger partial charge in [0.1, 0.15) is 30.5 Å². The Morgan fingerprint density at radius 1 is 0.615 bits per heavy atom. The van der Waals surface area contributed by atoms with E-state index in [1.807, 2.05) is 0 Å². The molecule has 0 aromatic heterocycles. The van der Waals surface area contributed by atoms with Crippen LogP contribution in [0, 0.1) is 0 Å². The van der Waals surface area contributed by atoms with E-state index in [1.54, 1.807) is 6.08 Å². The van der Waals surface area contributed by atoms with Gasteiger partial charge in [0, 0.05) is 0 Å². The molecule has 1 amide bonds. The van der Waals surface area contributed by atoms with Crippen LogP contribution in [0.4, 0.5) is 0 Å². The Kier molecular flexibility index (Phi) is 38.9. The number of amides is 1. The van der Waals surface area contributed by atoms with Crippen LogP contribution >= 0.6 is 0 Å². The molecule has 8 unspecified atom stereocenters. The maximum Gasteiger partial charge on any atom is 0.397 e. The van der Waals surface area contributed by atoms with Crippen molar-refractivity contribution in [2.75, 3.05) is 13.2 Å². The molecule has 0 aromatic rings. The van der Waals surface area contributed by atoms with Gasteiger partial charge in [-0.1, -0.05) is 198 Å². The first-order valence-electron chi connectivity index (χ1n) is 26.0. The van der Waals surface area contributed by atoms with E-state index in [9.17, 15) is 43.3 Å². The molecule has 382 valence electrons. The molecule has 0 aromatic carbocycles. The van der Waals surface area contributed by atoms with Crippen molar-refractivity contribution in [1.29, 1.82) is 0 Å². The summed E-state index contributed by atoms with van der Waals surface area (Å²) < 4.78 is 47.6. The standard InChI is InChI=1S/C51H95NO12S/c1-3-5-7-9-11-13-15-17-19-21-22-24-26-28-30-32-34-36-38-40-45(55)50(58)52-43(42-62-51-48(57)49(64-65(59,60)61)47(56)46(41-53)63-51)44(54)39-37-35-33-31-29-27-25-23-20-18-16-14-12-10-8-6-4-2/h22,24,29,31,37,39,43-49,51,53-57H,3-21,23,25-28,30,32-36,38,40-42H2,1-2H3,(H,52,58)(H,59,60,61)/b24-22-,31-29+,39-37+. The lowest BCUT2D eigenvalue weighted by Crippen LogP contribution is -2.61. The van der Waals surface area contributed by atoms with Gasteiger partial charge in [-0.25, -0.2) is 4.18 Å². The van der Waals surface area contributed by atoms with Gasteiger partial charge in [-0.3, -0.25) is 9.35 Å². The Labute approximate surface area is 395 Å². The molecule has 14 heteroatoms. The first kappa shape index (κ1) is 61.3. The fourth-order valence-electron chi connectivity index (χ4n) is 8.12. The van der Waals surface area contributed by atoms with Crippen LogP contribution in [0.2, 0.25) is 0 Å². The zero-order chi connectivity index (χ0) is 47.8. The fraction of sp³-hybridized carbons (Fsp3) is 0.863. The SMILES string of the molecule is CCCCCCCCCCC/C=C\CCCCCCCCC(O)C(=O)NC(COC1OC(CO)C(O)C(OS(=O)(=O)O)C1O)C(O)/C=C/CC/C=C/CCCCCCCCCCCCC. The topological polar surface area (TPSA) is 212 Å². The summed E-state index contributed by atoms with van der Waals surface area (Å²) in [5.41, 5.74) is 0. The number of nitrogens with one attached hydrogen (secondary N) is 1. The number of ether oxygens (including phenoxy) is 2. The quantitative estimate of drug-likeness (QED) is 0.0173. The Balaban J connectivity index is 2.54. The Morgan fingerprint density at radius 3 is 1.48 bits per heavy atom. The number of hydrogen-bond acceptors (Lipinski definition) is 11. The third-order valence-electron chi connectivity index (χ3n) is 12.3. The first-order chi connectivity index (χ1) is 31.4. The molecular weight excluding hydrogens is 851 g/mol. The van der Waals surface area contributed by atoms with Crippen LogP contribution in [-0.2, 0) is 28.9 Å². The lowest BCUT2D eigenvalue weighted by molar-refractivity contribution is -0.298. The predicted octanol–water partition coefficient (Wildman–Crippen LogP) is 10.0. The first-order valence-corrected chi connectivity index (χ1v) is 27.3. The molecule has 1 fully saturated rings. The number of allylic oxidation sites excluding steroid dienone is 5. The second kappa shape index (κ2) is 41.3. The molecule has 1 aliphatic heterocycles. The molecule has 0 spiro atoms. The van der Waals surface area contributed by atoms with E-state index in [0.29, 0.717) is 12.8 Å². The van der Waals surface area contributed by atoms with E-state index in [-0.39, 0.29) is 6.42 Å². The summed E-state index contributed by atoms with van der Waals surface area (Å²) in [6.07, 6.45) is 37.9. The normalized spacial score (nSPS) is 20.9. The van der Waals surface area contributed by atoms with Gasteiger partial charge < -0.3 is 40.3 Å². The third kappa shape index (κ3) is 33.4. The van der Waals surface area contributed by atoms with E-state index in [4.69, 9.17) is 9.47 Å². The van der Waals surface area contributed by atoms with Gasteiger partial charge in [0.15, 0.2) is 6.29 Å². The van der Waals surface area contributed by atoms with Gasteiger partial charge in [0.2, 0.25) is 5.91 Å². The van der Waals surface area contributed by atoms with Gasteiger partial charge in [0.25, 0.3) is 0 Å². The van der Waals surface area contributed by atoms with Crippen molar-refractivity contribution in [3.05, 3.63) is 36.5 Å². The van der Waals surface area contributed by atoms with Crippen LogP contribution in [0.5, 0.6) is 0 Å². The van der Waals surface area contributed by atoms with Crippen molar-refractivity contribution < 1.29 is 57.0 Å². The average Bonchev–Trinajstić information content (AvgIpc) is 3.28. The minimum Gasteiger partial charge on any atom is -0.394 e. The summed E-state index contributed by atoms with van der Waals surface area (Å²) in [5, 5.41) is 55.3. The number of carbonyl (C=O) groups is 1. The summed E-state index contributed by atoms with van der Waals surface area (Å²) in [6, 6.07) is -1.14. The molecule has 7 N–H and O–H groups in total. The zero-order valence-electron chi connectivity index (χ0n) is 40.7.